The van der Waals surface area contributed by atoms with Gasteiger partial charge in [-0.05, 0) is 42.9 Å². The summed E-state index contributed by atoms with van der Waals surface area (Å²) in [4.78, 5) is 22.2. The number of rotatable bonds is 5. The largest absolute Gasteiger partial charge is 0.323 e. The first-order chi connectivity index (χ1) is 15.2. The highest BCUT2D eigenvalue weighted by molar-refractivity contribution is 8.13. The van der Waals surface area contributed by atoms with Gasteiger partial charge in [0.15, 0.2) is 10.9 Å². The van der Waals surface area contributed by atoms with Crippen LogP contribution >= 0.6 is 23.1 Å². The number of carbonyl (C=O) groups is 1. The Morgan fingerprint density at radius 3 is 2.77 bits per heavy atom. The number of aromatic nitrogens is 4. The van der Waals surface area contributed by atoms with Gasteiger partial charge in [-0.2, -0.15) is 0 Å². The second kappa shape index (κ2) is 8.52. The van der Waals surface area contributed by atoms with Crippen LogP contribution in [0.1, 0.15) is 18.2 Å². The van der Waals surface area contributed by atoms with Crippen LogP contribution < -0.4 is 10.6 Å². The lowest BCUT2D eigenvalue weighted by Crippen LogP contribution is -2.07. The Bertz CT molecular complexity index is 1220. The number of hydrogen-bond acceptors (Lipinski definition) is 7. The molecule has 5 rings (SSSR count). The fourth-order valence-corrected chi connectivity index (χ4v) is 5.15. The summed E-state index contributed by atoms with van der Waals surface area (Å²) >= 11 is 2.75. The molecule has 0 saturated carbocycles. The first kappa shape index (κ1) is 19.8. The molecule has 0 aliphatic heterocycles. The van der Waals surface area contributed by atoms with Gasteiger partial charge in [-0.1, -0.05) is 54.3 Å². The van der Waals surface area contributed by atoms with Crippen molar-refractivity contribution in [1.82, 2.24) is 19.7 Å². The molecule has 2 N–H and O–H groups in total. The van der Waals surface area contributed by atoms with E-state index in [2.05, 4.69) is 15.6 Å². The number of aryl methyl sites for hydroxylation is 1. The van der Waals surface area contributed by atoms with Crippen molar-refractivity contribution in [3.8, 4) is 16.3 Å². The maximum Gasteiger partial charge on any atom is 0.285 e. The first-order valence-electron chi connectivity index (χ1n) is 10.0. The minimum Gasteiger partial charge on any atom is -0.323 e. The summed E-state index contributed by atoms with van der Waals surface area (Å²) in [5.41, 5.74) is 4.12. The topological polar surface area (TPSA) is 84.7 Å². The predicted molar refractivity (Wildman–Crippen MR) is 127 cm³/mol. The maximum atomic E-state index is 12.1. The van der Waals surface area contributed by atoms with Crippen LogP contribution in [0.4, 0.5) is 21.6 Å². The smallest absolute Gasteiger partial charge is 0.285 e. The van der Waals surface area contributed by atoms with Crippen LogP contribution in [0.2, 0.25) is 0 Å². The molecule has 0 fully saturated rings. The van der Waals surface area contributed by atoms with E-state index in [0.29, 0.717) is 5.13 Å². The van der Waals surface area contributed by atoms with Crippen LogP contribution in [0.15, 0.2) is 54.7 Å². The zero-order valence-electron chi connectivity index (χ0n) is 16.8. The number of thiazole rings is 1. The SMILES string of the molecule is CCSC(=O)Nc1nc2c(s1)-c1c(c(Nc3ccccn3)nn1-c1ccccc1)CC2. The van der Waals surface area contributed by atoms with Gasteiger partial charge in [-0.25, -0.2) is 14.6 Å². The van der Waals surface area contributed by atoms with Crippen molar-refractivity contribution in [2.24, 2.45) is 0 Å². The van der Waals surface area contributed by atoms with E-state index in [1.54, 1.807) is 6.20 Å². The number of pyridine rings is 1. The van der Waals surface area contributed by atoms with Gasteiger partial charge in [0, 0.05) is 11.8 Å². The summed E-state index contributed by atoms with van der Waals surface area (Å²) in [6.07, 6.45) is 3.37. The molecule has 0 spiro atoms. The quantitative estimate of drug-likeness (QED) is 0.418. The molecule has 0 atom stereocenters. The molecule has 1 aromatic carbocycles. The normalized spacial score (nSPS) is 12.2. The number of hydrogen-bond donors (Lipinski definition) is 2. The fraction of sp³-hybridized carbons (Fsp3) is 0.182. The van der Waals surface area contributed by atoms with Crippen molar-refractivity contribution < 1.29 is 4.79 Å². The molecule has 0 radical (unpaired) electrons. The summed E-state index contributed by atoms with van der Waals surface area (Å²) in [6, 6.07) is 15.8. The van der Waals surface area contributed by atoms with Crippen molar-refractivity contribution in [2.75, 3.05) is 16.4 Å². The Balaban J connectivity index is 1.60. The molecule has 1 aliphatic rings. The van der Waals surface area contributed by atoms with Gasteiger partial charge < -0.3 is 5.32 Å². The van der Waals surface area contributed by atoms with Crippen LogP contribution in [0.5, 0.6) is 0 Å². The van der Waals surface area contributed by atoms with Crippen LogP contribution in [0.25, 0.3) is 16.3 Å². The molecule has 156 valence electrons. The van der Waals surface area contributed by atoms with E-state index >= 15 is 0 Å². The molecular weight excluding hydrogens is 428 g/mol. The Morgan fingerprint density at radius 1 is 1.16 bits per heavy atom. The molecule has 7 nitrogen and oxygen atoms in total. The van der Waals surface area contributed by atoms with Gasteiger partial charge in [-0.3, -0.25) is 10.1 Å². The average molecular weight is 449 g/mol. The predicted octanol–water partition coefficient (Wildman–Crippen LogP) is 5.52. The average Bonchev–Trinajstić information content (AvgIpc) is 3.36. The minimum absolute atomic E-state index is 0.0807. The first-order valence-corrected chi connectivity index (χ1v) is 11.8. The highest BCUT2D eigenvalue weighted by atomic mass is 32.2. The summed E-state index contributed by atoms with van der Waals surface area (Å²) in [6.45, 7) is 1.96. The lowest BCUT2D eigenvalue weighted by atomic mass is 9.99. The highest BCUT2D eigenvalue weighted by Crippen LogP contribution is 2.43. The molecule has 0 bridgehead atoms. The third kappa shape index (κ3) is 3.94. The second-order valence-electron chi connectivity index (χ2n) is 6.90. The van der Waals surface area contributed by atoms with E-state index in [0.717, 1.165) is 57.7 Å². The maximum absolute atomic E-state index is 12.1. The number of para-hydroxylation sites is 1. The molecule has 0 saturated heterocycles. The van der Waals surface area contributed by atoms with Gasteiger partial charge in [-0.15, -0.1) is 5.10 Å². The Kier molecular flexibility index (Phi) is 5.44. The van der Waals surface area contributed by atoms with E-state index < -0.39 is 0 Å². The van der Waals surface area contributed by atoms with Gasteiger partial charge in [0.25, 0.3) is 5.24 Å². The van der Waals surface area contributed by atoms with Crippen molar-refractivity contribution in [3.05, 3.63) is 66.0 Å². The number of nitrogens with one attached hydrogen (secondary N) is 2. The van der Waals surface area contributed by atoms with Crippen molar-refractivity contribution >= 4 is 45.1 Å². The number of benzene rings is 1. The molecule has 1 aliphatic carbocycles. The monoisotopic (exact) mass is 448 g/mol. The number of carbonyl (C=O) groups excluding carboxylic acids is 1. The third-order valence-electron chi connectivity index (χ3n) is 4.90. The van der Waals surface area contributed by atoms with Gasteiger partial charge >= 0.3 is 0 Å². The summed E-state index contributed by atoms with van der Waals surface area (Å²) in [7, 11) is 0. The van der Waals surface area contributed by atoms with E-state index in [4.69, 9.17) is 10.1 Å². The molecule has 1 amide bonds. The zero-order valence-corrected chi connectivity index (χ0v) is 18.5. The van der Waals surface area contributed by atoms with E-state index in [1.165, 1.54) is 23.1 Å². The minimum atomic E-state index is -0.0807. The van der Waals surface area contributed by atoms with Crippen molar-refractivity contribution in [2.45, 2.75) is 19.8 Å². The molecule has 3 aromatic heterocycles. The van der Waals surface area contributed by atoms with Crippen LogP contribution in [0, 0.1) is 0 Å². The summed E-state index contributed by atoms with van der Waals surface area (Å²) in [5, 5.41) is 11.7. The Hall–Kier alpha value is -3.17. The molecular formula is C22H20N6OS2. The number of thioether (sulfide) groups is 1. The highest BCUT2D eigenvalue weighted by Gasteiger charge is 2.29. The lowest BCUT2D eigenvalue weighted by Gasteiger charge is -2.14. The van der Waals surface area contributed by atoms with Crippen molar-refractivity contribution in [1.29, 1.82) is 0 Å². The molecule has 9 heteroatoms. The van der Waals surface area contributed by atoms with Crippen LogP contribution in [-0.2, 0) is 12.8 Å². The number of anilines is 3. The molecule has 0 unspecified atom stereocenters. The molecule has 3 heterocycles. The number of amides is 1. The van der Waals surface area contributed by atoms with Crippen molar-refractivity contribution in [3.63, 3.8) is 0 Å². The Morgan fingerprint density at radius 2 is 2.00 bits per heavy atom. The fourth-order valence-electron chi connectivity index (χ4n) is 3.59. The third-order valence-corrected chi connectivity index (χ3v) is 6.58. The van der Waals surface area contributed by atoms with E-state index in [1.807, 2.05) is 60.1 Å². The van der Waals surface area contributed by atoms with Gasteiger partial charge in [0.05, 0.1) is 22.0 Å². The number of nitrogens with zero attached hydrogens (tertiary/aromatic N) is 4. The standard InChI is InChI=1S/C22H20N6OS2/c1-2-30-22(29)26-21-24-16-12-11-15-18(19(16)31-21)28(14-8-4-3-5-9-14)27-20(15)25-17-10-6-7-13-23-17/h3-10,13H,2,11-12H2,1H3,(H,23,25,27)(H,24,26,29). The number of fused-ring (bicyclic) bond motifs is 3. The summed E-state index contributed by atoms with van der Waals surface area (Å²) in [5.74, 6) is 2.27. The zero-order chi connectivity index (χ0) is 21.2. The molecule has 4 aromatic rings. The van der Waals surface area contributed by atoms with E-state index in [9.17, 15) is 4.79 Å². The summed E-state index contributed by atoms with van der Waals surface area (Å²) < 4.78 is 1.96. The van der Waals surface area contributed by atoms with Crippen LogP contribution in [0.3, 0.4) is 0 Å². The van der Waals surface area contributed by atoms with Crippen LogP contribution in [-0.4, -0.2) is 30.7 Å². The Labute approximate surface area is 187 Å². The second-order valence-corrected chi connectivity index (χ2v) is 9.14. The van der Waals surface area contributed by atoms with Gasteiger partial charge in [0.1, 0.15) is 5.82 Å². The van der Waals surface area contributed by atoms with Gasteiger partial charge in [0.2, 0.25) is 0 Å². The lowest BCUT2D eigenvalue weighted by molar-refractivity contribution is 0.270. The van der Waals surface area contributed by atoms with E-state index in [-0.39, 0.29) is 5.24 Å². The molecule has 31 heavy (non-hydrogen) atoms.